The Morgan fingerprint density at radius 1 is 1.50 bits per heavy atom. The number of benzene rings is 1. The highest BCUT2D eigenvalue weighted by atomic mass is 35.5. The lowest BCUT2D eigenvalue weighted by Crippen LogP contribution is -1.76. The predicted molar refractivity (Wildman–Crippen MR) is 59.8 cm³/mol. The third-order valence-electron chi connectivity index (χ3n) is 1.93. The average molecular weight is 235 g/mol. The zero-order valence-electron chi connectivity index (χ0n) is 8.17. The fraction of sp³-hybridized carbons (Fsp3) is 0.100. The van der Waals surface area contributed by atoms with Gasteiger partial charge >= 0.3 is 0 Å². The van der Waals surface area contributed by atoms with E-state index < -0.39 is 0 Å². The van der Waals surface area contributed by atoms with E-state index >= 15 is 0 Å². The Hall–Kier alpha value is -1.97. The van der Waals surface area contributed by atoms with Crippen LogP contribution in [0.25, 0.3) is 21.8 Å². The minimum atomic E-state index is 0.108. The molecule has 1 aromatic heterocycles. The number of hydrogen-bond donors (Lipinski definition) is 0. The van der Waals surface area contributed by atoms with Crippen molar-refractivity contribution in [1.82, 2.24) is 4.98 Å². The van der Waals surface area contributed by atoms with Gasteiger partial charge in [-0.2, -0.15) is 0 Å². The maximum absolute atomic E-state index is 8.16. The lowest BCUT2D eigenvalue weighted by molar-refractivity contribution is 0.509. The second kappa shape index (κ2) is 4.70. The van der Waals surface area contributed by atoms with E-state index in [4.69, 9.17) is 21.5 Å². The zero-order valence-corrected chi connectivity index (χ0v) is 8.92. The molecule has 0 fully saturated rings. The molecule has 0 radical (unpaired) electrons. The predicted octanol–water partition coefficient (Wildman–Crippen LogP) is 3.81. The molecule has 6 heteroatoms. The Balaban J connectivity index is 2.27. The standard InChI is InChI=1S/C10H7ClN4O/c11-8-3-1-2-7(4-8)9-5-13-10(16-9)6-14-15-12/h1-5H,6H2. The normalized spacial score (nSPS) is 9.81. The van der Waals surface area contributed by atoms with Gasteiger partial charge in [-0.3, -0.25) is 0 Å². The van der Waals surface area contributed by atoms with Gasteiger partial charge in [-0.05, 0) is 17.7 Å². The van der Waals surface area contributed by atoms with E-state index in [1.54, 1.807) is 18.3 Å². The van der Waals surface area contributed by atoms with E-state index in [2.05, 4.69) is 15.0 Å². The maximum Gasteiger partial charge on any atom is 0.200 e. The van der Waals surface area contributed by atoms with Crippen LogP contribution in [0.4, 0.5) is 0 Å². The topological polar surface area (TPSA) is 74.8 Å². The summed E-state index contributed by atoms with van der Waals surface area (Å²) in [6.45, 7) is 0.108. The molecule has 0 saturated heterocycles. The van der Waals surface area contributed by atoms with Crippen LogP contribution in [0.2, 0.25) is 5.02 Å². The molecule has 0 aliphatic rings. The number of rotatable bonds is 3. The average Bonchev–Trinajstić information content (AvgIpc) is 2.75. The van der Waals surface area contributed by atoms with Crippen LogP contribution < -0.4 is 0 Å². The number of nitrogens with zero attached hydrogens (tertiary/aromatic N) is 4. The summed E-state index contributed by atoms with van der Waals surface area (Å²) in [5.41, 5.74) is 9.00. The highest BCUT2D eigenvalue weighted by molar-refractivity contribution is 6.30. The summed E-state index contributed by atoms with van der Waals surface area (Å²) in [5, 5.41) is 3.99. The second-order valence-corrected chi connectivity index (χ2v) is 3.45. The van der Waals surface area contributed by atoms with Gasteiger partial charge in [-0.25, -0.2) is 4.98 Å². The third kappa shape index (κ3) is 2.34. The summed E-state index contributed by atoms with van der Waals surface area (Å²) in [5.74, 6) is 0.985. The van der Waals surface area contributed by atoms with Crippen molar-refractivity contribution < 1.29 is 4.42 Å². The fourth-order valence-electron chi connectivity index (χ4n) is 1.25. The van der Waals surface area contributed by atoms with Gasteiger partial charge in [0.1, 0.15) is 6.54 Å². The van der Waals surface area contributed by atoms with E-state index in [1.807, 2.05) is 12.1 Å². The fourth-order valence-corrected chi connectivity index (χ4v) is 1.44. The van der Waals surface area contributed by atoms with Crippen molar-refractivity contribution in [3.63, 3.8) is 0 Å². The van der Waals surface area contributed by atoms with E-state index in [1.165, 1.54) is 0 Å². The molecule has 0 aliphatic carbocycles. The molecule has 0 saturated carbocycles. The molecule has 1 aromatic carbocycles. The highest BCUT2D eigenvalue weighted by Crippen LogP contribution is 2.23. The molecule has 0 aliphatic heterocycles. The molecular weight excluding hydrogens is 228 g/mol. The molecule has 2 aromatic rings. The second-order valence-electron chi connectivity index (χ2n) is 3.02. The first-order valence-electron chi connectivity index (χ1n) is 4.51. The Morgan fingerprint density at radius 3 is 3.12 bits per heavy atom. The van der Waals surface area contributed by atoms with Gasteiger partial charge in [0.25, 0.3) is 0 Å². The van der Waals surface area contributed by atoms with E-state index in [0.717, 1.165) is 5.56 Å². The Labute approximate surface area is 96.3 Å². The molecule has 0 bridgehead atoms. The Morgan fingerprint density at radius 2 is 2.38 bits per heavy atom. The Kier molecular flexibility index (Phi) is 3.10. The minimum Gasteiger partial charge on any atom is -0.441 e. The van der Waals surface area contributed by atoms with Crippen molar-refractivity contribution >= 4 is 11.6 Å². The van der Waals surface area contributed by atoms with Gasteiger partial charge in [0.2, 0.25) is 5.89 Å². The number of oxazole rings is 1. The summed E-state index contributed by atoms with van der Waals surface area (Å²) in [6.07, 6.45) is 1.58. The van der Waals surface area contributed by atoms with E-state index in [9.17, 15) is 0 Å². The van der Waals surface area contributed by atoms with Gasteiger partial charge in [0, 0.05) is 15.5 Å². The van der Waals surface area contributed by atoms with Crippen LogP contribution in [0, 0.1) is 0 Å². The maximum atomic E-state index is 8.16. The molecular formula is C10H7ClN4O. The molecule has 5 nitrogen and oxygen atoms in total. The van der Waals surface area contributed by atoms with Crippen molar-refractivity contribution in [2.75, 3.05) is 0 Å². The van der Waals surface area contributed by atoms with Crippen LogP contribution in [0.5, 0.6) is 0 Å². The summed E-state index contributed by atoms with van der Waals surface area (Å²) in [6, 6.07) is 7.25. The number of halogens is 1. The van der Waals surface area contributed by atoms with Gasteiger partial charge in [-0.15, -0.1) is 0 Å². The first kappa shape index (κ1) is 10.5. The molecule has 0 unspecified atom stereocenters. The summed E-state index contributed by atoms with van der Waals surface area (Å²) in [7, 11) is 0. The van der Waals surface area contributed by atoms with Crippen molar-refractivity contribution in [2.24, 2.45) is 5.11 Å². The summed E-state index contributed by atoms with van der Waals surface area (Å²) < 4.78 is 5.39. The monoisotopic (exact) mass is 234 g/mol. The summed E-state index contributed by atoms with van der Waals surface area (Å²) >= 11 is 5.86. The van der Waals surface area contributed by atoms with Crippen molar-refractivity contribution in [1.29, 1.82) is 0 Å². The van der Waals surface area contributed by atoms with Crippen LogP contribution in [0.3, 0.4) is 0 Å². The van der Waals surface area contributed by atoms with Crippen LogP contribution >= 0.6 is 11.6 Å². The van der Waals surface area contributed by atoms with Gasteiger partial charge < -0.3 is 4.42 Å². The molecule has 0 amide bonds. The lowest BCUT2D eigenvalue weighted by atomic mass is 10.2. The van der Waals surface area contributed by atoms with E-state index in [-0.39, 0.29) is 6.54 Å². The first-order chi connectivity index (χ1) is 7.79. The van der Waals surface area contributed by atoms with Crippen molar-refractivity contribution in [3.05, 3.63) is 51.8 Å². The molecule has 0 N–H and O–H groups in total. The molecule has 1 heterocycles. The minimum absolute atomic E-state index is 0.108. The van der Waals surface area contributed by atoms with Crippen LogP contribution in [0.15, 0.2) is 40.0 Å². The molecule has 16 heavy (non-hydrogen) atoms. The summed E-state index contributed by atoms with van der Waals surface area (Å²) in [4.78, 5) is 6.62. The number of hydrogen-bond acceptors (Lipinski definition) is 3. The molecule has 2 rings (SSSR count). The smallest absolute Gasteiger partial charge is 0.200 e. The number of azide groups is 1. The quantitative estimate of drug-likeness (QED) is 0.460. The third-order valence-corrected chi connectivity index (χ3v) is 2.17. The van der Waals surface area contributed by atoms with Crippen LogP contribution in [0.1, 0.15) is 5.89 Å². The van der Waals surface area contributed by atoms with Crippen molar-refractivity contribution in [2.45, 2.75) is 6.54 Å². The van der Waals surface area contributed by atoms with Gasteiger partial charge in [0.05, 0.1) is 6.20 Å². The van der Waals surface area contributed by atoms with Crippen molar-refractivity contribution in [3.8, 4) is 11.3 Å². The first-order valence-corrected chi connectivity index (χ1v) is 4.89. The largest absolute Gasteiger partial charge is 0.441 e. The molecule has 0 atom stereocenters. The molecule has 0 spiro atoms. The SMILES string of the molecule is [N-]=[N+]=NCc1ncc(-c2cccc(Cl)c2)o1. The lowest BCUT2D eigenvalue weighted by Gasteiger charge is -1.95. The highest BCUT2D eigenvalue weighted by Gasteiger charge is 2.05. The van der Waals surface area contributed by atoms with Gasteiger partial charge in [0.15, 0.2) is 5.76 Å². The van der Waals surface area contributed by atoms with Gasteiger partial charge in [-0.1, -0.05) is 28.8 Å². The molecule has 80 valence electrons. The van der Waals surface area contributed by atoms with Crippen LogP contribution in [-0.4, -0.2) is 4.98 Å². The number of aromatic nitrogens is 1. The Bertz CT molecular complexity index is 545. The zero-order chi connectivity index (χ0) is 11.4. The van der Waals surface area contributed by atoms with Crippen LogP contribution in [-0.2, 0) is 6.54 Å². The van der Waals surface area contributed by atoms with E-state index in [0.29, 0.717) is 16.7 Å².